The summed E-state index contributed by atoms with van der Waals surface area (Å²) in [7, 11) is 1.62. The minimum atomic E-state index is -1.33. The van der Waals surface area contributed by atoms with E-state index < -0.39 is 24.7 Å². The lowest BCUT2D eigenvalue weighted by Crippen LogP contribution is -2.22. The van der Waals surface area contributed by atoms with Crippen LogP contribution in [0.15, 0.2) is 48.4 Å². The zero-order valence-electron chi connectivity index (χ0n) is 15.9. The Morgan fingerprint density at radius 3 is 2.66 bits per heavy atom. The molecule has 0 aliphatic carbocycles. The highest BCUT2D eigenvalue weighted by Gasteiger charge is 2.37. The summed E-state index contributed by atoms with van der Waals surface area (Å²) < 4.78 is 12.1. The van der Waals surface area contributed by atoms with Crippen molar-refractivity contribution in [2.24, 2.45) is 0 Å². The average Bonchev–Trinajstić information content (AvgIpc) is 3.30. The predicted octanol–water partition coefficient (Wildman–Crippen LogP) is 1.66. The molecule has 0 amide bonds. The van der Waals surface area contributed by atoms with Gasteiger partial charge in [-0.15, -0.1) is 0 Å². The maximum atomic E-state index is 10.2. The molecule has 29 heavy (non-hydrogen) atoms. The molecule has 10 nitrogen and oxygen atoms in total. The van der Waals surface area contributed by atoms with Gasteiger partial charge in [0.05, 0.1) is 13.2 Å². The molecule has 1 aliphatic rings. The summed E-state index contributed by atoms with van der Waals surface area (Å²) in [5.41, 5.74) is 1.94. The van der Waals surface area contributed by atoms with Crippen LogP contribution >= 0.6 is 0 Å². The standard InChI is InChI=1S/C19H21N5O5/c1-10(11-3-5-12(28-2)6-4-11)23-17-14-18(21-8-20-17)24(9-22-14)19-16(27)15(26)13(7-25)29-19/h3-6,8-10,16,19,25-27H,7H2,1-2H3,(H,20,21,23). The van der Waals surface area contributed by atoms with Gasteiger partial charge in [0.15, 0.2) is 34.6 Å². The lowest BCUT2D eigenvalue weighted by atomic mass is 10.1. The normalized spacial score (nSPS) is 20.0. The zero-order chi connectivity index (χ0) is 20.5. The van der Waals surface area contributed by atoms with Gasteiger partial charge in [0.25, 0.3) is 0 Å². The fourth-order valence-corrected chi connectivity index (χ4v) is 3.22. The number of hydrogen-bond acceptors (Lipinski definition) is 9. The molecule has 4 N–H and O–H groups in total. The Morgan fingerprint density at radius 1 is 1.24 bits per heavy atom. The first-order chi connectivity index (χ1) is 14.0. The summed E-state index contributed by atoms with van der Waals surface area (Å²) >= 11 is 0. The molecule has 1 aliphatic heterocycles. The molecule has 0 fully saturated rings. The molecule has 3 atom stereocenters. The lowest BCUT2D eigenvalue weighted by molar-refractivity contribution is -0.0119. The average molecular weight is 399 g/mol. The van der Waals surface area contributed by atoms with Crippen molar-refractivity contribution in [3.8, 4) is 5.75 Å². The quantitative estimate of drug-likeness (QED) is 0.488. The van der Waals surface area contributed by atoms with Gasteiger partial charge in [-0.1, -0.05) is 12.1 Å². The molecule has 0 saturated carbocycles. The first-order valence-corrected chi connectivity index (χ1v) is 8.99. The van der Waals surface area contributed by atoms with E-state index in [4.69, 9.17) is 9.47 Å². The molecule has 1 aromatic carbocycles. The van der Waals surface area contributed by atoms with Crippen molar-refractivity contribution in [1.82, 2.24) is 19.5 Å². The number of anilines is 1. The number of hydrogen-bond donors (Lipinski definition) is 4. The van der Waals surface area contributed by atoms with Crippen LogP contribution in [0.25, 0.3) is 11.2 Å². The number of aliphatic hydroxyl groups is 3. The van der Waals surface area contributed by atoms with Crippen molar-refractivity contribution in [2.45, 2.75) is 25.3 Å². The van der Waals surface area contributed by atoms with Gasteiger partial charge < -0.3 is 30.1 Å². The molecule has 0 saturated heterocycles. The summed E-state index contributed by atoms with van der Waals surface area (Å²) in [4.78, 5) is 12.9. The SMILES string of the molecule is COc1ccc(C(C)Nc2ncnc3c2ncn3C2OC(CO)=C(O)C2O)cc1. The van der Waals surface area contributed by atoms with E-state index in [1.807, 2.05) is 31.2 Å². The number of nitrogens with zero attached hydrogens (tertiary/aromatic N) is 4. The van der Waals surface area contributed by atoms with Crippen molar-refractivity contribution in [1.29, 1.82) is 0 Å². The van der Waals surface area contributed by atoms with Crippen molar-refractivity contribution >= 4 is 17.0 Å². The van der Waals surface area contributed by atoms with Crippen molar-refractivity contribution in [3.63, 3.8) is 0 Å². The van der Waals surface area contributed by atoms with Gasteiger partial charge in [-0.25, -0.2) is 15.0 Å². The van der Waals surface area contributed by atoms with Crippen molar-refractivity contribution in [3.05, 3.63) is 54.0 Å². The summed E-state index contributed by atoms with van der Waals surface area (Å²) in [6.45, 7) is 1.47. The van der Waals surface area contributed by atoms with E-state index in [1.165, 1.54) is 17.2 Å². The highest BCUT2D eigenvalue weighted by atomic mass is 16.5. The molecule has 10 heteroatoms. The molecule has 3 heterocycles. The second kappa shape index (κ2) is 7.57. The van der Waals surface area contributed by atoms with E-state index in [2.05, 4.69) is 20.3 Å². The van der Waals surface area contributed by atoms with E-state index in [9.17, 15) is 15.3 Å². The number of ether oxygens (including phenoxy) is 2. The van der Waals surface area contributed by atoms with Gasteiger partial charge in [0.2, 0.25) is 6.23 Å². The Bertz CT molecular complexity index is 1050. The highest BCUT2D eigenvalue weighted by Crippen LogP contribution is 2.34. The fraction of sp³-hybridized carbons (Fsp3) is 0.316. The number of rotatable bonds is 6. The Balaban J connectivity index is 1.61. The zero-order valence-corrected chi connectivity index (χ0v) is 15.9. The van der Waals surface area contributed by atoms with Crippen LogP contribution in [0.2, 0.25) is 0 Å². The third-order valence-electron chi connectivity index (χ3n) is 4.84. The number of fused-ring (bicyclic) bond motifs is 1. The predicted molar refractivity (Wildman–Crippen MR) is 103 cm³/mol. The molecular weight excluding hydrogens is 378 g/mol. The fourth-order valence-electron chi connectivity index (χ4n) is 3.22. The van der Waals surface area contributed by atoms with Crippen LogP contribution in [-0.4, -0.2) is 54.7 Å². The molecule has 152 valence electrons. The van der Waals surface area contributed by atoms with E-state index in [1.54, 1.807) is 7.11 Å². The highest BCUT2D eigenvalue weighted by molar-refractivity contribution is 5.83. The van der Waals surface area contributed by atoms with Crippen molar-refractivity contribution < 1.29 is 24.8 Å². The van der Waals surface area contributed by atoms with Gasteiger partial charge in [0.1, 0.15) is 25.0 Å². The molecular formula is C19H21N5O5. The molecule has 3 unspecified atom stereocenters. The number of imidazole rings is 1. The minimum absolute atomic E-state index is 0.0656. The summed E-state index contributed by atoms with van der Waals surface area (Å²) in [5.74, 6) is 0.812. The monoisotopic (exact) mass is 399 g/mol. The number of nitrogens with one attached hydrogen (secondary N) is 1. The Morgan fingerprint density at radius 2 is 2.00 bits per heavy atom. The maximum absolute atomic E-state index is 10.2. The first kappa shape index (κ1) is 19.0. The lowest BCUT2D eigenvalue weighted by Gasteiger charge is -2.18. The number of benzene rings is 1. The van der Waals surface area contributed by atoms with Gasteiger partial charge in [0, 0.05) is 0 Å². The number of methoxy groups -OCH3 is 1. The molecule has 0 bridgehead atoms. The third kappa shape index (κ3) is 3.32. The van der Waals surface area contributed by atoms with Gasteiger partial charge >= 0.3 is 0 Å². The van der Waals surface area contributed by atoms with Crippen LogP contribution in [0.4, 0.5) is 5.82 Å². The third-order valence-corrected chi connectivity index (χ3v) is 4.84. The van der Waals surface area contributed by atoms with Gasteiger partial charge in [-0.05, 0) is 24.6 Å². The van der Waals surface area contributed by atoms with E-state index in [-0.39, 0.29) is 11.8 Å². The van der Waals surface area contributed by atoms with E-state index in [0.717, 1.165) is 11.3 Å². The summed E-state index contributed by atoms with van der Waals surface area (Å²) in [6.07, 6.45) is 0.512. The molecule has 0 spiro atoms. The second-order valence-electron chi connectivity index (χ2n) is 6.61. The summed E-state index contributed by atoms with van der Waals surface area (Å²) in [5, 5.41) is 32.7. The topological polar surface area (TPSA) is 135 Å². The van der Waals surface area contributed by atoms with Gasteiger partial charge in [-0.3, -0.25) is 4.57 Å². The second-order valence-corrected chi connectivity index (χ2v) is 6.61. The van der Waals surface area contributed by atoms with E-state index in [0.29, 0.717) is 17.0 Å². The molecule has 4 rings (SSSR count). The smallest absolute Gasteiger partial charge is 0.211 e. The van der Waals surface area contributed by atoms with Crippen LogP contribution in [0, 0.1) is 0 Å². The van der Waals surface area contributed by atoms with E-state index >= 15 is 0 Å². The number of aromatic nitrogens is 4. The molecule has 2 aromatic heterocycles. The Labute approximate surface area is 166 Å². The Hall–Kier alpha value is -3.37. The molecule has 3 aromatic rings. The largest absolute Gasteiger partial charge is 0.506 e. The number of aliphatic hydroxyl groups excluding tert-OH is 3. The van der Waals surface area contributed by atoms with Crippen molar-refractivity contribution in [2.75, 3.05) is 19.0 Å². The van der Waals surface area contributed by atoms with Crippen LogP contribution in [0.3, 0.4) is 0 Å². The summed E-state index contributed by atoms with van der Waals surface area (Å²) in [6, 6.07) is 7.62. The maximum Gasteiger partial charge on any atom is 0.211 e. The first-order valence-electron chi connectivity index (χ1n) is 8.99. The van der Waals surface area contributed by atoms with Crippen LogP contribution < -0.4 is 10.1 Å². The van der Waals surface area contributed by atoms with Crippen LogP contribution in [-0.2, 0) is 4.74 Å². The molecule has 0 radical (unpaired) electrons. The van der Waals surface area contributed by atoms with Crippen LogP contribution in [0.1, 0.15) is 24.8 Å². The van der Waals surface area contributed by atoms with Crippen LogP contribution in [0.5, 0.6) is 5.75 Å². The minimum Gasteiger partial charge on any atom is -0.506 e. The van der Waals surface area contributed by atoms with Gasteiger partial charge in [-0.2, -0.15) is 0 Å². The Kier molecular flexibility index (Phi) is 4.95.